The van der Waals surface area contributed by atoms with Crippen molar-refractivity contribution >= 4 is 33.4 Å². The zero-order valence-corrected chi connectivity index (χ0v) is 18.8. The number of hydrogen-bond donors (Lipinski definition) is 1. The maximum atomic E-state index is 13.5. The molecular weight excluding hydrogens is 438 g/mol. The Balaban J connectivity index is 1.59. The van der Waals surface area contributed by atoms with Crippen LogP contribution >= 0.6 is 11.3 Å². The number of aromatic carboxylic acids is 1. The number of aryl methyl sites for hydroxylation is 1. The Kier molecular flexibility index (Phi) is 5.30. The van der Waals surface area contributed by atoms with E-state index in [9.17, 15) is 19.5 Å². The number of carboxylic acids is 1. The summed E-state index contributed by atoms with van der Waals surface area (Å²) in [6.07, 6.45) is 0.757. The highest BCUT2D eigenvalue weighted by molar-refractivity contribution is 7.17. The summed E-state index contributed by atoms with van der Waals surface area (Å²) in [5.41, 5.74) is 3.48. The zero-order chi connectivity index (χ0) is 23.1. The number of carbonyl (C=O) groups excluding carboxylic acids is 1. The first-order chi connectivity index (χ1) is 15.9. The second kappa shape index (κ2) is 8.29. The van der Waals surface area contributed by atoms with Crippen LogP contribution in [0.15, 0.2) is 58.7 Å². The number of hydrogen-bond acceptors (Lipinski definition) is 5. The fraction of sp³-hybridized carbons (Fsp3) is 0.200. The van der Waals surface area contributed by atoms with Crippen LogP contribution in [0.25, 0.3) is 21.6 Å². The van der Waals surface area contributed by atoms with Crippen LogP contribution in [0.1, 0.15) is 27.0 Å². The monoisotopic (exact) mass is 459 g/mol. The predicted octanol–water partition coefficient (Wildman–Crippen LogP) is 3.72. The molecule has 0 saturated heterocycles. The molecule has 2 aromatic heterocycles. The summed E-state index contributed by atoms with van der Waals surface area (Å²) in [6.45, 7) is 2.81. The number of rotatable bonds is 4. The third-order valence-corrected chi connectivity index (χ3v) is 6.88. The van der Waals surface area contributed by atoms with Gasteiger partial charge in [0.05, 0.1) is 10.9 Å². The summed E-state index contributed by atoms with van der Waals surface area (Å²) in [4.78, 5) is 45.2. The Hall–Kier alpha value is -3.78. The van der Waals surface area contributed by atoms with Gasteiger partial charge in [-0.05, 0) is 24.5 Å². The van der Waals surface area contributed by atoms with E-state index in [1.165, 1.54) is 15.5 Å². The lowest BCUT2D eigenvalue weighted by molar-refractivity contribution is -0.132. The summed E-state index contributed by atoms with van der Waals surface area (Å²) in [7, 11) is 0. The van der Waals surface area contributed by atoms with Crippen molar-refractivity contribution in [1.82, 2.24) is 14.5 Å². The molecule has 8 heteroatoms. The Bertz CT molecular complexity index is 1450. The van der Waals surface area contributed by atoms with Crippen LogP contribution in [0.5, 0.6) is 0 Å². The smallest absolute Gasteiger partial charge is 0.337 e. The van der Waals surface area contributed by atoms with Gasteiger partial charge in [-0.25, -0.2) is 9.78 Å². The summed E-state index contributed by atoms with van der Waals surface area (Å²) in [5, 5.41) is 11.0. The van der Waals surface area contributed by atoms with Gasteiger partial charge < -0.3 is 10.0 Å². The second-order valence-corrected chi connectivity index (χ2v) is 9.02. The van der Waals surface area contributed by atoms with Crippen molar-refractivity contribution in [3.63, 3.8) is 0 Å². The fourth-order valence-electron chi connectivity index (χ4n) is 4.20. The molecule has 1 amide bonds. The van der Waals surface area contributed by atoms with Crippen LogP contribution < -0.4 is 5.56 Å². The molecule has 0 saturated carbocycles. The molecule has 0 spiro atoms. The van der Waals surface area contributed by atoms with Gasteiger partial charge in [0, 0.05) is 24.0 Å². The molecule has 0 bridgehead atoms. The van der Waals surface area contributed by atoms with E-state index in [0.717, 1.165) is 28.9 Å². The van der Waals surface area contributed by atoms with Crippen molar-refractivity contribution in [3.05, 3.63) is 86.5 Å². The summed E-state index contributed by atoms with van der Waals surface area (Å²) in [5.74, 6) is -1.03. The molecule has 7 nitrogen and oxygen atoms in total. The van der Waals surface area contributed by atoms with Gasteiger partial charge in [0.15, 0.2) is 0 Å². The lowest BCUT2D eigenvalue weighted by atomic mass is 10.00. The molecule has 0 radical (unpaired) electrons. The normalized spacial score (nSPS) is 13.2. The number of benzene rings is 2. The fourth-order valence-corrected chi connectivity index (χ4v) is 5.10. The highest BCUT2D eigenvalue weighted by Crippen LogP contribution is 2.26. The molecule has 2 aromatic carbocycles. The molecule has 0 fully saturated rings. The Labute approximate surface area is 193 Å². The first kappa shape index (κ1) is 21.1. The van der Waals surface area contributed by atoms with Gasteiger partial charge in [-0.2, -0.15) is 0 Å². The standard InChI is InChI=1S/C25H21N3O4S/c1-15-6-8-17(9-7-15)22-26-23-21(19(14-33-23)25(31)32)24(30)28(22)13-20(29)27-11-10-16-4-2-3-5-18(16)12-27/h2-9,14H,10-13H2,1H3,(H,31,32). The Morgan fingerprint density at radius 1 is 1.09 bits per heavy atom. The van der Waals surface area contributed by atoms with Crippen molar-refractivity contribution in [2.24, 2.45) is 0 Å². The van der Waals surface area contributed by atoms with E-state index in [4.69, 9.17) is 0 Å². The van der Waals surface area contributed by atoms with Crippen molar-refractivity contribution in [3.8, 4) is 11.4 Å². The molecule has 1 N–H and O–H groups in total. The summed E-state index contributed by atoms with van der Waals surface area (Å²) in [6, 6.07) is 15.6. The largest absolute Gasteiger partial charge is 0.478 e. The molecule has 33 heavy (non-hydrogen) atoms. The number of aromatic nitrogens is 2. The summed E-state index contributed by atoms with van der Waals surface area (Å²) >= 11 is 1.12. The van der Waals surface area contributed by atoms with Gasteiger partial charge in [-0.3, -0.25) is 14.2 Å². The minimum Gasteiger partial charge on any atom is -0.478 e. The van der Waals surface area contributed by atoms with Crippen LogP contribution in [0.3, 0.4) is 0 Å². The van der Waals surface area contributed by atoms with Crippen molar-refractivity contribution in [2.75, 3.05) is 6.54 Å². The second-order valence-electron chi connectivity index (χ2n) is 8.16. The van der Waals surface area contributed by atoms with Gasteiger partial charge in [-0.15, -0.1) is 11.3 Å². The average molecular weight is 460 g/mol. The first-order valence-electron chi connectivity index (χ1n) is 10.6. The number of fused-ring (bicyclic) bond motifs is 2. The highest BCUT2D eigenvalue weighted by atomic mass is 32.1. The Morgan fingerprint density at radius 3 is 2.55 bits per heavy atom. The van der Waals surface area contributed by atoms with Crippen LogP contribution in [0.2, 0.25) is 0 Å². The molecule has 1 aliphatic rings. The van der Waals surface area contributed by atoms with Gasteiger partial charge in [0.2, 0.25) is 5.91 Å². The van der Waals surface area contributed by atoms with Crippen molar-refractivity contribution in [1.29, 1.82) is 0 Å². The van der Waals surface area contributed by atoms with E-state index in [-0.39, 0.29) is 23.4 Å². The molecule has 0 atom stereocenters. The van der Waals surface area contributed by atoms with Crippen molar-refractivity contribution in [2.45, 2.75) is 26.4 Å². The molecule has 0 aliphatic carbocycles. The quantitative estimate of drug-likeness (QED) is 0.502. The van der Waals surface area contributed by atoms with Crippen LogP contribution in [-0.4, -0.2) is 38.0 Å². The first-order valence-corrected chi connectivity index (χ1v) is 11.5. The maximum absolute atomic E-state index is 13.5. The SMILES string of the molecule is Cc1ccc(-c2nc3scc(C(=O)O)c3c(=O)n2CC(=O)N2CCc3ccccc3C2)cc1. The molecule has 3 heterocycles. The van der Waals surface area contributed by atoms with E-state index in [1.807, 2.05) is 49.4 Å². The van der Waals surface area contributed by atoms with Gasteiger partial charge >= 0.3 is 5.97 Å². The molecule has 166 valence electrons. The third kappa shape index (κ3) is 3.82. The average Bonchev–Trinajstić information content (AvgIpc) is 3.25. The molecule has 4 aromatic rings. The number of amides is 1. The minimum atomic E-state index is -1.19. The van der Waals surface area contributed by atoms with Crippen LogP contribution in [-0.2, 0) is 24.3 Å². The lowest BCUT2D eigenvalue weighted by Crippen LogP contribution is -2.40. The third-order valence-electron chi connectivity index (χ3n) is 6.01. The molecule has 1 aliphatic heterocycles. The van der Waals surface area contributed by atoms with Gasteiger partial charge in [0.1, 0.15) is 17.2 Å². The number of thiophene rings is 1. The van der Waals surface area contributed by atoms with Crippen LogP contribution in [0, 0.1) is 6.92 Å². The van der Waals surface area contributed by atoms with Crippen molar-refractivity contribution < 1.29 is 14.7 Å². The summed E-state index contributed by atoms with van der Waals surface area (Å²) < 4.78 is 1.31. The Morgan fingerprint density at radius 2 is 1.82 bits per heavy atom. The van der Waals surface area contributed by atoms with Gasteiger partial charge in [-0.1, -0.05) is 54.1 Å². The maximum Gasteiger partial charge on any atom is 0.337 e. The topological polar surface area (TPSA) is 92.5 Å². The molecule has 0 unspecified atom stereocenters. The van der Waals surface area contributed by atoms with Gasteiger partial charge in [0.25, 0.3) is 5.56 Å². The minimum absolute atomic E-state index is 0.0418. The van der Waals surface area contributed by atoms with E-state index >= 15 is 0 Å². The molecular formula is C25H21N3O4S. The predicted molar refractivity (Wildman–Crippen MR) is 127 cm³/mol. The number of nitrogens with zero attached hydrogens (tertiary/aromatic N) is 3. The van der Waals surface area contributed by atoms with E-state index < -0.39 is 11.5 Å². The lowest BCUT2D eigenvalue weighted by Gasteiger charge is -2.29. The molecule has 5 rings (SSSR count). The van der Waals surface area contributed by atoms with E-state index in [2.05, 4.69) is 11.1 Å². The van der Waals surface area contributed by atoms with E-state index in [0.29, 0.717) is 29.3 Å². The van der Waals surface area contributed by atoms with E-state index in [1.54, 1.807) is 4.90 Å². The number of carboxylic acid groups (broad SMARTS) is 1. The number of carbonyl (C=O) groups is 2. The van der Waals surface area contributed by atoms with Crippen LogP contribution in [0.4, 0.5) is 0 Å². The highest BCUT2D eigenvalue weighted by Gasteiger charge is 2.25. The zero-order valence-electron chi connectivity index (χ0n) is 17.9.